The van der Waals surface area contributed by atoms with Gasteiger partial charge in [-0.2, -0.15) is 0 Å². The van der Waals surface area contributed by atoms with Gasteiger partial charge in [-0.15, -0.1) is 0 Å². The Morgan fingerprint density at radius 1 is 1.05 bits per heavy atom. The van der Waals surface area contributed by atoms with Gasteiger partial charge in [0.15, 0.2) is 0 Å². The molecule has 2 unspecified atom stereocenters. The lowest BCUT2D eigenvalue weighted by Crippen LogP contribution is -2.47. The minimum atomic E-state index is -3.94. The number of nitrogens with one attached hydrogen (secondary N) is 2. The van der Waals surface area contributed by atoms with Gasteiger partial charge < -0.3 is 14.8 Å². The summed E-state index contributed by atoms with van der Waals surface area (Å²) in [6.45, 7) is 4.44. The molecule has 0 aliphatic carbocycles. The minimum Gasteiger partial charge on any atom is -0.369 e. The number of benzene rings is 2. The monoisotopic (exact) mass is 540 g/mol. The molecular weight excluding hydrogens is 512 g/mol. The fourth-order valence-corrected chi connectivity index (χ4v) is 6.48. The molecule has 2 N–H and O–H groups in total. The van der Waals surface area contributed by atoms with E-state index in [4.69, 9.17) is 11.6 Å². The van der Waals surface area contributed by atoms with Crippen LogP contribution in [0.15, 0.2) is 70.4 Å². The zero-order valence-corrected chi connectivity index (χ0v) is 22.1. The van der Waals surface area contributed by atoms with E-state index in [2.05, 4.69) is 14.9 Å². The number of amides is 1. The molecule has 1 amide bonds. The van der Waals surface area contributed by atoms with Gasteiger partial charge in [0.2, 0.25) is 0 Å². The second kappa shape index (κ2) is 10.2. The molecule has 1 aromatic heterocycles. The van der Waals surface area contributed by atoms with Gasteiger partial charge in [-0.05, 0) is 67.3 Å². The lowest BCUT2D eigenvalue weighted by molar-refractivity contribution is 0.0953. The molecule has 3 aromatic rings. The van der Waals surface area contributed by atoms with Crippen molar-refractivity contribution in [2.75, 3.05) is 29.3 Å². The van der Waals surface area contributed by atoms with Crippen LogP contribution in [0, 0.1) is 5.92 Å². The van der Waals surface area contributed by atoms with Gasteiger partial charge in [0.05, 0.1) is 16.3 Å². The maximum atomic E-state index is 13.3. The largest absolute Gasteiger partial charge is 0.369 e. The molecule has 8 nitrogen and oxygen atoms in total. The third-order valence-electron chi connectivity index (χ3n) is 6.98. The summed E-state index contributed by atoms with van der Waals surface area (Å²) in [7, 11) is -3.94. The van der Waals surface area contributed by atoms with Crippen LogP contribution >= 0.6 is 11.6 Å². The molecule has 0 saturated carbocycles. The molecule has 1 saturated heterocycles. The van der Waals surface area contributed by atoms with Crippen molar-refractivity contribution in [2.24, 2.45) is 5.92 Å². The number of rotatable bonds is 7. The number of piperidine rings is 1. The van der Waals surface area contributed by atoms with Crippen LogP contribution in [0.1, 0.15) is 41.7 Å². The van der Waals surface area contributed by atoms with Crippen molar-refractivity contribution >= 4 is 38.9 Å². The molecule has 0 radical (unpaired) electrons. The number of fused-ring (bicyclic) bond motifs is 4. The zero-order valence-electron chi connectivity index (χ0n) is 20.5. The summed E-state index contributed by atoms with van der Waals surface area (Å²) in [4.78, 5) is 27.3. The lowest BCUT2D eigenvalue weighted by Gasteiger charge is -2.44. The van der Waals surface area contributed by atoms with Crippen LogP contribution < -0.4 is 20.5 Å². The normalized spacial score (nSPS) is 18.7. The van der Waals surface area contributed by atoms with Crippen molar-refractivity contribution in [3.05, 3.63) is 87.3 Å². The van der Waals surface area contributed by atoms with Gasteiger partial charge >= 0.3 is 0 Å². The van der Waals surface area contributed by atoms with Crippen molar-refractivity contribution < 1.29 is 13.2 Å². The fraction of sp³-hybridized carbons (Fsp3) is 0.333. The Bertz CT molecular complexity index is 1490. The lowest BCUT2D eigenvalue weighted by atomic mass is 9.83. The molecule has 0 spiro atoms. The predicted octanol–water partition coefficient (Wildman–Crippen LogP) is 4.07. The maximum Gasteiger partial charge on any atom is 0.261 e. The molecule has 37 heavy (non-hydrogen) atoms. The Morgan fingerprint density at radius 2 is 1.84 bits per heavy atom. The molecular formula is C27H29ClN4O4S. The van der Waals surface area contributed by atoms with E-state index in [1.165, 1.54) is 24.3 Å². The van der Waals surface area contributed by atoms with E-state index in [9.17, 15) is 18.0 Å². The van der Waals surface area contributed by atoms with E-state index in [-0.39, 0.29) is 28.2 Å². The van der Waals surface area contributed by atoms with Crippen molar-refractivity contribution in [1.29, 1.82) is 0 Å². The Kier molecular flexibility index (Phi) is 7.00. The summed E-state index contributed by atoms with van der Waals surface area (Å²) in [6, 6.07) is 16.5. The topological polar surface area (TPSA) is 101 Å². The van der Waals surface area contributed by atoms with E-state index >= 15 is 0 Å². The smallest absolute Gasteiger partial charge is 0.261 e. The Labute approximate surface area is 221 Å². The number of hydrogen-bond acceptors (Lipinski definition) is 5. The number of pyridine rings is 1. The molecule has 1 fully saturated rings. The quantitative estimate of drug-likeness (QED) is 0.470. The second-order valence-electron chi connectivity index (χ2n) is 9.65. The molecule has 2 aromatic carbocycles. The van der Waals surface area contributed by atoms with Gasteiger partial charge in [0.25, 0.3) is 21.5 Å². The van der Waals surface area contributed by atoms with Crippen LogP contribution in [0.4, 0.5) is 11.4 Å². The van der Waals surface area contributed by atoms with E-state index in [0.717, 1.165) is 18.5 Å². The third kappa shape index (κ3) is 5.24. The molecule has 194 valence electrons. The van der Waals surface area contributed by atoms with Gasteiger partial charge in [-0.1, -0.05) is 24.6 Å². The summed E-state index contributed by atoms with van der Waals surface area (Å²) in [5.74, 6) is 0.137. The highest BCUT2D eigenvalue weighted by molar-refractivity contribution is 7.92. The minimum absolute atomic E-state index is 0.0134. The SMILES string of the molecule is CCCNC(=O)c1ccc(N2CC3CC(C2)c2cccc(=O)n2C3)c(NS(=O)(=O)c2ccc(Cl)cc2)c1. The average Bonchev–Trinajstić information content (AvgIpc) is 2.88. The van der Waals surface area contributed by atoms with E-state index in [1.807, 2.05) is 17.6 Å². The number of sulfonamides is 1. The molecule has 2 aliphatic rings. The van der Waals surface area contributed by atoms with Crippen molar-refractivity contribution in [3.63, 3.8) is 0 Å². The number of carbonyl (C=O) groups excluding carboxylic acids is 1. The standard InChI is InChI=1S/C27H29ClN4O4S/c1-2-12-29-27(34)19-6-11-25(23(14-19)30-37(35,36)22-9-7-21(28)8-10-22)31-15-18-13-20(17-31)24-4-3-5-26(33)32(24)16-18/h3-11,14,18,20,30H,2,12-13,15-17H2,1H3,(H,29,34). The first-order valence-electron chi connectivity index (χ1n) is 12.4. The van der Waals surface area contributed by atoms with Crippen LogP contribution in [0.3, 0.4) is 0 Å². The van der Waals surface area contributed by atoms with Gasteiger partial charge in [-0.3, -0.25) is 14.3 Å². The van der Waals surface area contributed by atoms with Crippen molar-refractivity contribution in [1.82, 2.24) is 9.88 Å². The van der Waals surface area contributed by atoms with Crippen LogP contribution in [0.2, 0.25) is 5.02 Å². The van der Waals surface area contributed by atoms with Crippen molar-refractivity contribution in [2.45, 2.75) is 37.1 Å². The highest BCUT2D eigenvalue weighted by atomic mass is 35.5. The highest BCUT2D eigenvalue weighted by Gasteiger charge is 2.35. The van der Waals surface area contributed by atoms with E-state index < -0.39 is 10.0 Å². The molecule has 10 heteroatoms. The Morgan fingerprint density at radius 3 is 2.59 bits per heavy atom. The second-order valence-corrected chi connectivity index (χ2v) is 11.8. The number of nitrogens with zero attached hydrogens (tertiary/aromatic N) is 2. The van der Waals surface area contributed by atoms with E-state index in [1.54, 1.807) is 30.3 Å². The molecule has 2 bridgehead atoms. The zero-order chi connectivity index (χ0) is 26.2. The Hall–Kier alpha value is -3.30. The summed E-state index contributed by atoms with van der Waals surface area (Å²) in [6.07, 6.45) is 1.77. The Balaban J connectivity index is 1.51. The molecule has 5 rings (SSSR count). The number of aromatic nitrogens is 1. The summed E-state index contributed by atoms with van der Waals surface area (Å²) < 4.78 is 31.2. The number of halogens is 1. The summed E-state index contributed by atoms with van der Waals surface area (Å²) >= 11 is 5.95. The predicted molar refractivity (Wildman–Crippen MR) is 145 cm³/mol. The summed E-state index contributed by atoms with van der Waals surface area (Å²) in [5.41, 5.74) is 2.43. The van der Waals surface area contributed by atoms with Crippen LogP contribution in [-0.2, 0) is 16.6 Å². The van der Waals surface area contributed by atoms with Crippen LogP contribution in [-0.4, -0.2) is 38.5 Å². The van der Waals surface area contributed by atoms with Gasteiger partial charge in [-0.25, -0.2) is 8.42 Å². The average molecular weight is 541 g/mol. The first-order chi connectivity index (χ1) is 17.7. The maximum absolute atomic E-state index is 13.3. The number of carbonyl (C=O) groups is 1. The van der Waals surface area contributed by atoms with Crippen molar-refractivity contribution in [3.8, 4) is 0 Å². The first kappa shape index (κ1) is 25.4. The molecule has 2 aliphatic heterocycles. The van der Waals surface area contributed by atoms with Crippen LogP contribution in [0.25, 0.3) is 0 Å². The summed E-state index contributed by atoms with van der Waals surface area (Å²) in [5, 5.41) is 3.29. The van der Waals surface area contributed by atoms with Crippen LogP contribution in [0.5, 0.6) is 0 Å². The van der Waals surface area contributed by atoms with Gasteiger partial charge in [0.1, 0.15) is 0 Å². The molecule has 2 atom stereocenters. The third-order valence-corrected chi connectivity index (χ3v) is 8.62. The first-order valence-corrected chi connectivity index (χ1v) is 14.3. The number of hydrogen-bond donors (Lipinski definition) is 2. The number of anilines is 2. The van der Waals surface area contributed by atoms with E-state index in [0.29, 0.717) is 48.1 Å². The van der Waals surface area contributed by atoms with Gasteiger partial charge in [0, 0.05) is 54.4 Å². The highest BCUT2D eigenvalue weighted by Crippen LogP contribution is 2.39. The molecule has 3 heterocycles. The fourth-order valence-electron chi connectivity index (χ4n) is 5.29.